The quantitative estimate of drug-likeness (QED) is 0.261. The van der Waals surface area contributed by atoms with Gasteiger partial charge in [-0.2, -0.15) is 0 Å². The molecule has 0 saturated heterocycles. The average molecular weight is 552 g/mol. The number of aromatic nitrogens is 2. The molecule has 1 aliphatic rings. The minimum atomic E-state index is -0.0843. The van der Waals surface area contributed by atoms with E-state index in [0.29, 0.717) is 40.2 Å². The van der Waals surface area contributed by atoms with Crippen molar-refractivity contribution in [3.05, 3.63) is 76.8 Å². The molecule has 3 unspecified atom stereocenters. The van der Waals surface area contributed by atoms with Crippen LogP contribution in [-0.4, -0.2) is 39.5 Å². The van der Waals surface area contributed by atoms with Crippen molar-refractivity contribution in [2.45, 2.75) is 64.0 Å². The number of carbonyl (C=O) groups excluding carboxylic acids is 2. The lowest BCUT2D eigenvalue weighted by molar-refractivity contribution is -0.119. The van der Waals surface area contributed by atoms with Gasteiger partial charge in [-0.05, 0) is 36.3 Å². The number of hydrogen-bond donors (Lipinski definition) is 2. The number of benzene rings is 2. The third-order valence-corrected chi connectivity index (χ3v) is 8.60. The monoisotopic (exact) mass is 551 g/mol. The molecule has 0 bridgehead atoms. The van der Waals surface area contributed by atoms with Crippen LogP contribution in [0.4, 0.5) is 5.13 Å². The lowest BCUT2D eigenvalue weighted by atomic mass is 10.0. The maximum atomic E-state index is 12.5. The highest BCUT2D eigenvalue weighted by molar-refractivity contribution is 8.14. The summed E-state index contributed by atoms with van der Waals surface area (Å²) in [6, 6.07) is 19.4. The lowest BCUT2D eigenvalue weighted by Crippen LogP contribution is -2.31. The van der Waals surface area contributed by atoms with Gasteiger partial charge in [0.15, 0.2) is 5.17 Å². The van der Waals surface area contributed by atoms with E-state index in [1.165, 1.54) is 11.3 Å². The van der Waals surface area contributed by atoms with Crippen molar-refractivity contribution >= 4 is 45.2 Å². The molecule has 1 fully saturated rings. The minimum Gasteiger partial charge on any atom is -0.305 e. The van der Waals surface area contributed by atoms with E-state index in [1.807, 2.05) is 74.5 Å². The van der Waals surface area contributed by atoms with E-state index in [0.717, 1.165) is 35.4 Å². The Bertz CT molecular complexity index is 1180. The van der Waals surface area contributed by atoms with E-state index >= 15 is 0 Å². The molecule has 0 radical (unpaired) electrons. The van der Waals surface area contributed by atoms with Crippen molar-refractivity contribution in [2.75, 3.05) is 12.4 Å². The van der Waals surface area contributed by atoms with Crippen LogP contribution in [0.15, 0.2) is 65.7 Å². The second-order valence-corrected chi connectivity index (χ2v) is 11.4. The molecule has 1 aromatic heterocycles. The van der Waals surface area contributed by atoms with Gasteiger partial charge in [0.05, 0.1) is 12.8 Å². The highest BCUT2D eigenvalue weighted by atomic mass is 32.2. The summed E-state index contributed by atoms with van der Waals surface area (Å²) in [5.41, 5.74) is 1.95. The normalized spacial score (nSPS) is 17.7. The van der Waals surface area contributed by atoms with Gasteiger partial charge in [-0.15, -0.1) is 10.2 Å². The van der Waals surface area contributed by atoms with Crippen molar-refractivity contribution in [1.29, 1.82) is 0 Å². The first-order valence-electron chi connectivity index (χ1n) is 13.1. The van der Waals surface area contributed by atoms with E-state index < -0.39 is 0 Å². The fraction of sp³-hybridized carbons (Fsp3) is 0.414. The van der Waals surface area contributed by atoms with Crippen LogP contribution in [0.1, 0.15) is 62.1 Å². The van der Waals surface area contributed by atoms with Gasteiger partial charge in [0.2, 0.25) is 16.9 Å². The van der Waals surface area contributed by atoms with Crippen molar-refractivity contribution in [2.24, 2.45) is 10.9 Å². The number of aliphatic imine (C=N–C) groups is 1. The molecule has 2 amide bonds. The predicted octanol–water partition coefficient (Wildman–Crippen LogP) is 6.10. The van der Waals surface area contributed by atoms with E-state index in [9.17, 15) is 9.59 Å². The Morgan fingerprint density at radius 3 is 2.18 bits per heavy atom. The Morgan fingerprint density at radius 1 is 0.974 bits per heavy atom. The molecule has 0 spiro atoms. The zero-order valence-electron chi connectivity index (χ0n) is 22.5. The van der Waals surface area contributed by atoms with Gasteiger partial charge >= 0.3 is 0 Å². The first-order valence-corrected chi connectivity index (χ1v) is 14.8. The number of carbonyl (C=O) groups is 2. The van der Waals surface area contributed by atoms with Crippen molar-refractivity contribution in [3.63, 3.8) is 0 Å². The molecule has 2 N–H and O–H groups in total. The summed E-state index contributed by atoms with van der Waals surface area (Å²) in [4.78, 5) is 29.1. The van der Waals surface area contributed by atoms with Gasteiger partial charge in [-0.3, -0.25) is 14.6 Å². The first kappa shape index (κ1) is 29.5. The molecule has 1 heterocycles. The van der Waals surface area contributed by atoms with Crippen LogP contribution < -0.4 is 10.6 Å². The molecule has 1 aliphatic carbocycles. The van der Waals surface area contributed by atoms with Crippen LogP contribution in [0.25, 0.3) is 0 Å². The van der Waals surface area contributed by atoms with E-state index in [1.54, 1.807) is 18.8 Å². The second-order valence-electron chi connectivity index (χ2n) is 8.99. The first-order chi connectivity index (χ1) is 18.5. The summed E-state index contributed by atoms with van der Waals surface area (Å²) in [6.07, 6.45) is 3.79. The van der Waals surface area contributed by atoms with Crippen LogP contribution >= 0.6 is 23.1 Å². The van der Waals surface area contributed by atoms with Gasteiger partial charge in [0, 0.05) is 18.2 Å². The summed E-state index contributed by atoms with van der Waals surface area (Å²) in [5, 5.41) is 16.9. The molecule has 1 saturated carbocycles. The Balaban J connectivity index is 0.00000195. The summed E-state index contributed by atoms with van der Waals surface area (Å²) in [5.74, 6) is 0.688. The molecule has 0 aliphatic heterocycles. The van der Waals surface area contributed by atoms with Gasteiger partial charge in [0.25, 0.3) is 0 Å². The number of anilines is 1. The molecule has 202 valence electrons. The van der Waals surface area contributed by atoms with Crippen molar-refractivity contribution in [3.8, 4) is 0 Å². The highest BCUT2D eigenvalue weighted by Gasteiger charge is 2.32. The molecular formula is C29H37N5O2S2. The molecular weight excluding hydrogens is 514 g/mol. The van der Waals surface area contributed by atoms with E-state index in [2.05, 4.69) is 32.7 Å². The number of hydrogen-bond acceptors (Lipinski definition) is 7. The number of rotatable bonds is 8. The fourth-order valence-corrected chi connectivity index (χ4v) is 6.39. The van der Waals surface area contributed by atoms with E-state index in [-0.39, 0.29) is 11.8 Å². The Kier molecular flexibility index (Phi) is 12.0. The summed E-state index contributed by atoms with van der Waals surface area (Å²) in [6.45, 7) is 6.20. The standard InChI is InChI=1S/C27H31N5O2S2.C2H6/c1-18(35-26(28-2)29-23(33)15-19-9-5-3-6-10-19)21-13-14-22(17-21)25-31-32-27(36-25)30-24(34)16-20-11-7-4-8-12-20;1-2/h3-12,18,21-22H,13-17H2,1-2H3,(H,28,29,33)(H,30,32,34);1-2H3. The molecule has 9 heteroatoms. The Hall–Kier alpha value is -3.04. The molecule has 3 atom stereocenters. The SMILES string of the molecule is CC.CN=C(NC(=O)Cc1ccccc1)SC(C)C1CCC(c2nnc(NC(=O)Cc3ccccc3)s2)C1. The Morgan fingerprint density at radius 2 is 1.58 bits per heavy atom. The molecule has 3 aromatic rings. The van der Waals surface area contributed by atoms with Crippen molar-refractivity contribution < 1.29 is 9.59 Å². The van der Waals surface area contributed by atoms with Crippen LogP contribution in [-0.2, 0) is 22.4 Å². The third kappa shape index (κ3) is 9.06. The number of nitrogens with one attached hydrogen (secondary N) is 2. The highest BCUT2D eigenvalue weighted by Crippen LogP contribution is 2.43. The summed E-state index contributed by atoms with van der Waals surface area (Å²) < 4.78 is 0. The topological polar surface area (TPSA) is 96.3 Å². The predicted molar refractivity (Wildman–Crippen MR) is 159 cm³/mol. The second kappa shape index (κ2) is 15.4. The Labute approximate surface area is 234 Å². The lowest BCUT2D eigenvalue weighted by Gasteiger charge is -2.19. The van der Waals surface area contributed by atoms with Crippen LogP contribution in [0.5, 0.6) is 0 Å². The third-order valence-electron chi connectivity index (χ3n) is 6.34. The zero-order chi connectivity index (χ0) is 27.3. The van der Waals surface area contributed by atoms with E-state index in [4.69, 9.17) is 0 Å². The van der Waals surface area contributed by atoms with Gasteiger partial charge in [0.1, 0.15) is 5.01 Å². The van der Waals surface area contributed by atoms with Gasteiger partial charge < -0.3 is 10.6 Å². The number of amides is 2. The minimum absolute atomic E-state index is 0.0542. The average Bonchev–Trinajstić information content (AvgIpc) is 3.60. The van der Waals surface area contributed by atoms with Crippen LogP contribution in [0, 0.1) is 5.92 Å². The zero-order valence-corrected chi connectivity index (χ0v) is 24.1. The van der Waals surface area contributed by atoms with Crippen LogP contribution in [0.2, 0.25) is 0 Å². The summed E-state index contributed by atoms with van der Waals surface area (Å²) in [7, 11) is 1.71. The largest absolute Gasteiger partial charge is 0.305 e. The smallest absolute Gasteiger partial charge is 0.230 e. The number of nitrogens with zero attached hydrogens (tertiary/aromatic N) is 3. The fourth-order valence-electron chi connectivity index (χ4n) is 4.42. The van der Waals surface area contributed by atoms with Gasteiger partial charge in [-0.25, -0.2) is 0 Å². The maximum absolute atomic E-state index is 12.5. The van der Waals surface area contributed by atoms with Crippen molar-refractivity contribution in [1.82, 2.24) is 15.5 Å². The molecule has 38 heavy (non-hydrogen) atoms. The van der Waals surface area contributed by atoms with Gasteiger partial charge in [-0.1, -0.05) is 105 Å². The number of amidine groups is 1. The molecule has 2 aromatic carbocycles. The van der Waals surface area contributed by atoms with Crippen LogP contribution in [0.3, 0.4) is 0 Å². The molecule has 7 nitrogen and oxygen atoms in total. The number of thioether (sulfide) groups is 1. The summed E-state index contributed by atoms with van der Waals surface area (Å²) >= 11 is 3.09. The maximum Gasteiger partial charge on any atom is 0.230 e. The molecule has 4 rings (SSSR count).